The van der Waals surface area contributed by atoms with E-state index in [9.17, 15) is 18.0 Å². The van der Waals surface area contributed by atoms with Gasteiger partial charge < -0.3 is 10.5 Å². The Morgan fingerprint density at radius 3 is 2.23 bits per heavy atom. The lowest BCUT2D eigenvalue weighted by Gasteiger charge is -2.09. The van der Waals surface area contributed by atoms with Gasteiger partial charge in [0, 0.05) is 0 Å². The maximum Gasteiger partial charge on any atom is 0.416 e. The van der Waals surface area contributed by atoms with Gasteiger partial charge in [-0.25, -0.2) is 0 Å². The van der Waals surface area contributed by atoms with Crippen molar-refractivity contribution in [3.8, 4) is 0 Å². The summed E-state index contributed by atoms with van der Waals surface area (Å²) in [7, 11) is 0. The second-order valence-electron chi connectivity index (χ2n) is 7.90. The fourth-order valence-electron chi connectivity index (χ4n) is 3.86. The SMILES string of the molecule is NC(=O)C1OC1c1ccccc1CCCCCCCCc1cccc(C(F)(F)F)c1. The number of epoxide rings is 1. The van der Waals surface area contributed by atoms with Crippen LogP contribution in [0.1, 0.15) is 66.9 Å². The third-order valence-electron chi connectivity index (χ3n) is 5.55. The van der Waals surface area contributed by atoms with E-state index in [2.05, 4.69) is 6.07 Å². The normalized spacial score (nSPS) is 18.4. The minimum absolute atomic E-state index is 0.199. The van der Waals surface area contributed by atoms with Crippen LogP contribution < -0.4 is 5.73 Å². The molecular weight excluding hydrogens is 391 g/mol. The van der Waals surface area contributed by atoms with Gasteiger partial charge in [-0.3, -0.25) is 4.79 Å². The Kier molecular flexibility index (Phi) is 7.53. The van der Waals surface area contributed by atoms with Crippen molar-refractivity contribution >= 4 is 5.91 Å². The topological polar surface area (TPSA) is 55.6 Å². The van der Waals surface area contributed by atoms with E-state index in [0.29, 0.717) is 6.42 Å². The summed E-state index contributed by atoms with van der Waals surface area (Å²) >= 11 is 0. The average molecular weight is 419 g/mol. The standard InChI is InChI=1S/C24H28F3NO2/c25-24(26,27)19-14-9-11-17(16-19)10-5-3-1-2-4-6-12-18-13-7-8-15-20(18)21-22(30-21)23(28)29/h7-9,11,13-16,21-22H,1-6,10,12H2,(H2,28,29). The lowest BCUT2D eigenvalue weighted by molar-refractivity contribution is -0.137. The minimum Gasteiger partial charge on any atom is -0.367 e. The van der Waals surface area contributed by atoms with E-state index in [-0.39, 0.29) is 6.10 Å². The van der Waals surface area contributed by atoms with E-state index in [1.807, 2.05) is 18.2 Å². The van der Waals surface area contributed by atoms with Gasteiger partial charge in [0.25, 0.3) is 0 Å². The summed E-state index contributed by atoms with van der Waals surface area (Å²) in [5.74, 6) is -0.417. The van der Waals surface area contributed by atoms with Crippen molar-refractivity contribution < 1.29 is 22.7 Å². The minimum atomic E-state index is -4.28. The summed E-state index contributed by atoms with van der Waals surface area (Å²) in [5.41, 5.74) is 7.74. The first-order chi connectivity index (χ1) is 14.4. The molecule has 1 aliphatic heterocycles. The molecule has 1 fully saturated rings. The molecule has 6 heteroatoms. The van der Waals surface area contributed by atoms with Crippen molar-refractivity contribution in [2.45, 2.75) is 69.8 Å². The number of hydrogen-bond donors (Lipinski definition) is 1. The Morgan fingerprint density at radius 1 is 0.900 bits per heavy atom. The van der Waals surface area contributed by atoms with Crippen molar-refractivity contribution in [2.75, 3.05) is 0 Å². The number of nitrogens with two attached hydrogens (primary N) is 1. The van der Waals surface area contributed by atoms with Gasteiger partial charge in [-0.05, 0) is 48.4 Å². The van der Waals surface area contributed by atoms with Gasteiger partial charge in [-0.2, -0.15) is 13.2 Å². The van der Waals surface area contributed by atoms with E-state index < -0.39 is 23.8 Å². The Labute approximate surface area is 175 Å². The van der Waals surface area contributed by atoms with E-state index >= 15 is 0 Å². The van der Waals surface area contributed by atoms with Gasteiger partial charge in [0.15, 0.2) is 6.10 Å². The van der Waals surface area contributed by atoms with Crippen LogP contribution in [0.2, 0.25) is 0 Å². The predicted octanol–water partition coefficient (Wildman–Crippen LogP) is 5.76. The fraction of sp³-hybridized carbons (Fsp3) is 0.458. The monoisotopic (exact) mass is 419 g/mol. The molecule has 2 atom stereocenters. The molecule has 0 bridgehead atoms. The molecule has 2 N–H and O–H groups in total. The van der Waals surface area contributed by atoms with E-state index in [0.717, 1.165) is 62.1 Å². The van der Waals surface area contributed by atoms with Crippen LogP contribution in [0.3, 0.4) is 0 Å². The van der Waals surface area contributed by atoms with Gasteiger partial charge >= 0.3 is 6.18 Å². The zero-order valence-corrected chi connectivity index (χ0v) is 17.0. The van der Waals surface area contributed by atoms with Crippen LogP contribution in [0.4, 0.5) is 13.2 Å². The molecule has 3 nitrogen and oxygen atoms in total. The van der Waals surface area contributed by atoms with Crippen LogP contribution in [0.5, 0.6) is 0 Å². The summed E-state index contributed by atoms with van der Waals surface area (Å²) in [6, 6.07) is 13.6. The molecule has 1 amide bonds. The van der Waals surface area contributed by atoms with E-state index in [1.54, 1.807) is 6.07 Å². The molecule has 0 saturated carbocycles. The number of unbranched alkanes of at least 4 members (excludes halogenated alkanes) is 5. The molecule has 1 heterocycles. The van der Waals surface area contributed by atoms with Crippen molar-refractivity contribution in [1.29, 1.82) is 0 Å². The van der Waals surface area contributed by atoms with Crippen LogP contribution >= 0.6 is 0 Å². The Hall–Kier alpha value is -2.34. The summed E-state index contributed by atoms with van der Waals surface area (Å²) in [5, 5.41) is 0. The number of amides is 1. The van der Waals surface area contributed by atoms with Crippen LogP contribution in [0.15, 0.2) is 48.5 Å². The van der Waals surface area contributed by atoms with Crippen LogP contribution in [0.25, 0.3) is 0 Å². The number of ether oxygens (including phenoxy) is 1. The highest BCUT2D eigenvalue weighted by Crippen LogP contribution is 2.40. The number of alkyl halides is 3. The van der Waals surface area contributed by atoms with E-state index in [1.165, 1.54) is 17.7 Å². The Bertz CT molecular complexity index is 850. The molecule has 0 aliphatic carbocycles. The first-order valence-electron chi connectivity index (χ1n) is 10.5. The first kappa shape index (κ1) is 22.3. The molecule has 1 aliphatic rings. The van der Waals surface area contributed by atoms with E-state index in [4.69, 9.17) is 10.5 Å². The zero-order valence-electron chi connectivity index (χ0n) is 17.0. The number of aryl methyl sites for hydroxylation is 2. The largest absolute Gasteiger partial charge is 0.416 e. The van der Waals surface area contributed by atoms with Gasteiger partial charge in [-0.15, -0.1) is 0 Å². The quantitative estimate of drug-likeness (QED) is 0.372. The highest BCUT2D eigenvalue weighted by molar-refractivity contribution is 5.82. The lowest BCUT2D eigenvalue weighted by atomic mass is 9.97. The number of halogens is 3. The molecular formula is C24H28F3NO2. The van der Waals surface area contributed by atoms with Crippen molar-refractivity contribution in [3.05, 3.63) is 70.8 Å². The van der Waals surface area contributed by atoms with Crippen LogP contribution in [-0.4, -0.2) is 12.0 Å². The van der Waals surface area contributed by atoms with Crippen molar-refractivity contribution in [1.82, 2.24) is 0 Å². The number of carbonyl (C=O) groups excluding carboxylic acids is 1. The maximum atomic E-state index is 12.8. The smallest absolute Gasteiger partial charge is 0.367 e. The second kappa shape index (κ2) is 10.1. The van der Waals surface area contributed by atoms with Crippen molar-refractivity contribution in [2.24, 2.45) is 5.73 Å². The Balaban J connectivity index is 1.31. The molecule has 2 aromatic rings. The fourth-order valence-corrected chi connectivity index (χ4v) is 3.86. The summed E-state index contributed by atoms with van der Waals surface area (Å²) in [6.07, 6.45) is 2.90. The number of carbonyl (C=O) groups is 1. The number of rotatable bonds is 11. The van der Waals surface area contributed by atoms with Crippen LogP contribution in [0, 0.1) is 0 Å². The molecule has 1 saturated heterocycles. The predicted molar refractivity (Wildman–Crippen MR) is 110 cm³/mol. The highest BCUT2D eigenvalue weighted by Gasteiger charge is 2.45. The first-order valence-corrected chi connectivity index (χ1v) is 10.5. The summed E-state index contributed by atoms with van der Waals surface area (Å²) in [4.78, 5) is 11.2. The van der Waals surface area contributed by atoms with Gasteiger partial charge in [0.1, 0.15) is 6.10 Å². The molecule has 3 rings (SSSR count). The third-order valence-corrected chi connectivity index (χ3v) is 5.55. The zero-order chi connectivity index (χ0) is 21.6. The van der Waals surface area contributed by atoms with Gasteiger partial charge in [0.05, 0.1) is 5.56 Å². The molecule has 2 aromatic carbocycles. The summed E-state index contributed by atoms with van der Waals surface area (Å²) in [6.45, 7) is 0. The van der Waals surface area contributed by atoms with Crippen LogP contribution in [-0.2, 0) is 28.5 Å². The number of hydrogen-bond acceptors (Lipinski definition) is 2. The molecule has 0 aromatic heterocycles. The molecule has 30 heavy (non-hydrogen) atoms. The molecule has 0 spiro atoms. The third kappa shape index (κ3) is 6.33. The average Bonchev–Trinajstić information content (AvgIpc) is 3.51. The maximum absolute atomic E-state index is 12.8. The van der Waals surface area contributed by atoms with Crippen molar-refractivity contribution in [3.63, 3.8) is 0 Å². The molecule has 162 valence electrons. The molecule has 0 radical (unpaired) electrons. The summed E-state index contributed by atoms with van der Waals surface area (Å²) < 4.78 is 43.7. The van der Waals surface area contributed by atoms with Gasteiger partial charge in [0.2, 0.25) is 5.91 Å². The Morgan fingerprint density at radius 2 is 1.57 bits per heavy atom. The number of primary amides is 1. The molecule has 2 unspecified atom stereocenters. The van der Waals surface area contributed by atoms with Gasteiger partial charge in [-0.1, -0.05) is 68.1 Å². The number of benzene rings is 2. The lowest BCUT2D eigenvalue weighted by Crippen LogP contribution is -2.18. The highest BCUT2D eigenvalue weighted by atomic mass is 19.4. The second-order valence-corrected chi connectivity index (χ2v) is 7.90.